The van der Waals surface area contributed by atoms with Crippen LogP contribution in [0.15, 0.2) is 0 Å². The van der Waals surface area contributed by atoms with Gasteiger partial charge in [0.15, 0.2) is 5.78 Å². The molecule has 3 nitrogen and oxygen atoms in total. The van der Waals surface area contributed by atoms with Crippen molar-refractivity contribution in [3.8, 4) is 0 Å². The van der Waals surface area contributed by atoms with Crippen LogP contribution in [0.3, 0.4) is 0 Å². The first-order valence-corrected chi connectivity index (χ1v) is 1.36. The number of aliphatic carboxylic acids is 1. The number of carboxylic acids is 1. The normalized spacial score (nSPS) is 6.43. The average molecular weight is 151 g/mol. The molecule has 0 aliphatic rings. The first-order chi connectivity index (χ1) is 2.64. The van der Waals surface area contributed by atoms with Crippen molar-refractivity contribution in [1.29, 1.82) is 0 Å². The molecule has 0 atom stereocenters. The molecular formula is C3H3CuO3. The SMILES string of the molecule is CC(=O)C(=O)[O-].[Cu+]. The Kier molecular flexibility index (Phi) is 5.38. The number of ketones is 1. The largest absolute Gasteiger partial charge is 1.00 e. The summed E-state index contributed by atoms with van der Waals surface area (Å²) < 4.78 is 0. The molecule has 0 radical (unpaired) electrons. The van der Waals surface area contributed by atoms with Crippen LogP contribution in [0.25, 0.3) is 0 Å². The molecule has 0 unspecified atom stereocenters. The molecule has 44 valence electrons. The minimum atomic E-state index is -1.63. The van der Waals surface area contributed by atoms with E-state index in [1.165, 1.54) is 0 Å². The van der Waals surface area contributed by atoms with Crippen LogP contribution in [-0.2, 0) is 26.7 Å². The van der Waals surface area contributed by atoms with Crippen LogP contribution in [0.2, 0.25) is 0 Å². The smallest absolute Gasteiger partial charge is 0.542 e. The van der Waals surface area contributed by atoms with Gasteiger partial charge >= 0.3 is 17.1 Å². The minimum absolute atomic E-state index is 0. The van der Waals surface area contributed by atoms with Crippen LogP contribution in [-0.4, -0.2) is 11.8 Å². The fourth-order valence-electron chi connectivity index (χ4n) is 0. The van der Waals surface area contributed by atoms with Gasteiger partial charge in [-0.1, -0.05) is 0 Å². The molecule has 0 aromatic carbocycles. The van der Waals surface area contributed by atoms with Crippen molar-refractivity contribution in [3.05, 3.63) is 0 Å². The number of hydrogen-bond acceptors (Lipinski definition) is 3. The monoisotopic (exact) mass is 150 g/mol. The van der Waals surface area contributed by atoms with E-state index in [0.29, 0.717) is 0 Å². The fraction of sp³-hybridized carbons (Fsp3) is 0.333. The number of carbonyl (C=O) groups is 2. The second kappa shape index (κ2) is 3.84. The Morgan fingerprint density at radius 1 is 1.43 bits per heavy atom. The molecule has 0 heterocycles. The van der Waals surface area contributed by atoms with Crippen molar-refractivity contribution in [2.75, 3.05) is 0 Å². The summed E-state index contributed by atoms with van der Waals surface area (Å²) >= 11 is 0. The van der Waals surface area contributed by atoms with Gasteiger partial charge in [0.25, 0.3) is 0 Å². The maximum Gasteiger partial charge on any atom is 1.00 e. The summed E-state index contributed by atoms with van der Waals surface area (Å²) in [6, 6.07) is 0. The molecule has 0 bridgehead atoms. The summed E-state index contributed by atoms with van der Waals surface area (Å²) in [4.78, 5) is 18.7. The van der Waals surface area contributed by atoms with Crippen LogP contribution in [0.5, 0.6) is 0 Å². The third-order valence-electron chi connectivity index (χ3n) is 0.287. The van der Waals surface area contributed by atoms with Gasteiger partial charge in [0.05, 0.1) is 0 Å². The topological polar surface area (TPSA) is 57.2 Å². The molecule has 0 saturated carbocycles. The standard InChI is InChI=1S/C3H4O3.Cu/c1-2(4)3(5)6;/h1H3,(H,5,6);/q;+1/p-1. The number of hydrogen-bond donors (Lipinski definition) is 0. The average Bonchev–Trinajstić information content (AvgIpc) is 1.36. The van der Waals surface area contributed by atoms with E-state index in [2.05, 4.69) is 0 Å². The molecule has 4 heteroatoms. The van der Waals surface area contributed by atoms with Gasteiger partial charge in [-0.05, 0) is 0 Å². The van der Waals surface area contributed by atoms with E-state index < -0.39 is 11.8 Å². The molecule has 7 heavy (non-hydrogen) atoms. The van der Waals surface area contributed by atoms with Gasteiger partial charge in [-0.15, -0.1) is 0 Å². The van der Waals surface area contributed by atoms with Crippen molar-refractivity contribution in [2.45, 2.75) is 6.92 Å². The first-order valence-electron chi connectivity index (χ1n) is 1.36. The van der Waals surface area contributed by atoms with Gasteiger partial charge in [0.1, 0.15) is 5.97 Å². The predicted octanol–water partition coefficient (Wildman–Crippen LogP) is -1.68. The molecule has 0 N–H and O–H groups in total. The Balaban J connectivity index is 0. The summed E-state index contributed by atoms with van der Waals surface area (Å²) in [5, 5.41) is 9.24. The van der Waals surface area contributed by atoms with Gasteiger partial charge < -0.3 is 9.90 Å². The van der Waals surface area contributed by atoms with Crippen molar-refractivity contribution in [3.63, 3.8) is 0 Å². The van der Waals surface area contributed by atoms with Gasteiger partial charge in [-0.25, -0.2) is 0 Å². The maximum absolute atomic E-state index is 9.48. The molecule has 0 amide bonds. The van der Waals surface area contributed by atoms with Gasteiger partial charge in [0, 0.05) is 6.92 Å². The van der Waals surface area contributed by atoms with Crippen molar-refractivity contribution in [1.82, 2.24) is 0 Å². The third kappa shape index (κ3) is 5.66. The fourth-order valence-corrected chi connectivity index (χ4v) is 0. The summed E-state index contributed by atoms with van der Waals surface area (Å²) in [6.45, 7) is 0.940. The van der Waals surface area contributed by atoms with Crippen molar-refractivity contribution >= 4 is 11.8 Å². The molecule has 0 aromatic rings. The van der Waals surface area contributed by atoms with Crippen LogP contribution < -0.4 is 5.11 Å². The summed E-state index contributed by atoms with van der Waals surface area (Å²) in [7, 11) is 0. The Bertz CT molecular complexity index is 76.2. The predicted molar refractivity (Wildman–Crippen MR) is 15.7 cm³/mol. The van der Waals surface area contributed by atoms with Gasteiger partial charge in [-0.3, -0.25) is 4.79 Å². The number of Topliss-reactive ketones (excluding diaryl/α,β-unsaturated/α-hetero) is 1. The second-order valence-electron chi connectivity index (χ2n) is 0.844. The van der Waals surface area contributed by atoms with E-state index in [-0.39, 0.29) is 17.1 Å². The van der Waals surface area contributed by atoms with Crippen LogP contribution >= 0.6 is 0 Å². The number of carbonyl (C=O) groups excluding carboxylic acids is 2. The zero-order valence-electron chi connectivity index (χ0n) is 3.53. The zero-order chi connectivity index (χ0) is 5.15. The van der Waals surface area contributed by atoms with E-state index in [4.69, 9.17) is 0 Å². The maximum atomic E-state index is 9.48. The summed E-state index contributed by atoms with van der Waals surface area (Å²) in [5.74, 6) is -2.56. The number of carboxylic acid groups (broad SMARTS) is 1. The minimum Gasteiger partial charge on any atom is -0.542 e. The third-order valence-corrected chi connectivity index (χ3v) is 0.287. The Morgan fingerprint density at radius 2 is 1.57 bits per heavy atom. The second-order valence-corrected chi connectivity index (χ2v) is 0.844. The molecule has 0 aliphatic carbocycles. The number of rotatable bonds is 1. The first kappa shape index (κ1) is 9.82. The van der Waals surface area contributed by atoms with E-state index >= 15 is 0 Å². The summed E-state index contributed by atoms with van der Waals surface area (Å²) in [5.41, 5.74) is 0. The van der Waals surface area contributed by atoms with Gasteiger partial charge in [0.2, 0.25) is 0 Å². The Morgan fingerprint density at radius 3 is 1.57 bits per heavy atom. The van der Waals surface area contributed by atoms with E-state index in [0.717, 1.165) is 6.92 Å². The van der Waals surface area contributed by atoms with Crippen LogP contribution in [0, 0.1) is 0 Å². The molecular weight excluding hydrogens is 148 g/mol. The van der Waals surface area contributed by atoms with Crippen molar-refractivity contribution in [2.24, 2.45) is 0 Å². The Labute approximate surface area is 51.2 Å². The molecule has 0 aromatic heterocycles. The van der Waals surface area contributed by atoms with Crippen LogP contribution in [0.1, 0.15) is 6.92 Å². The summed E-state index contributed by atoms with van der Waals surface area (Å²) in [6.07, 6.45) is 0. The molecule has 0 aliphatic heterocycles. The van der Waals surface area contributed by atoms with E-state index in [9.17, 15) is 14.7 Å². The molecule has 0 saturated heterocycles. The quantitative estimate of drug-likeness (QED) is 0.332. The van der Waals surface area contributed by atoms with Crippen molar-refractivity contribution < 1.29 is 31.8 Å². The zero-order valence-corrected chi connectivity index (χ0v) is 4.47. The molecule has 0 fully saturated rings. The Hall–Kier alpha value is -0.341. The molecule has 0 rings (SSSR count). The van der Waals surface area contributed by atoms with Crippen LogP contribution in [0.4, 0.5) is 0 Å². The van der Waals surface area contributed by atoms with E-state index in [1.54, 1.807) is 0 Å². The van der Waals surface area contributed by atoms with E-state index in [1.807, 2.05) is 0 Å². The van der Waals surface area contributed by atoms with Gasteiger partial charge in [-0.2, -0.15) is 0 Å². The molecule has 0 spiro atoms.